The summed E-state index contributed by atoms with van der Waals surface area (Å²) in [5, 5.41) is 9.83. The van der Waals surface area contributed by atoms with Crippen LogP contribution in [0.5, 0.6) is 5.75 Å². The first-order valence-electron chi connectivity index (χ1n) is 13.5. The van der Waals surface area contributed by atoms with Crippen LogP contribution in [0.3, 0.4) is 0 Å². The van der Waals surface area contributed by atoms with Crippen LogP contribution < -0.4 is 20.7 Å². The molecule has 2 amide bonds. The van der Waals surface area contributed by atoms with Gasteiger partial charge in [-0.25, -0.2) is 19.2 Å². The Hall–Kier alpha value is -4.09. The van der Waals surface area contributed by atoms with Gasteiger partial charge in [0.15, 0.2) is 0 Å². The molecule has 0 saturated carbocycles. The number of ether oxygens (including phenoxy) is 2. The van der Waals surface area contributed by atoms with E-state index in [2.05, 4.69) is 25.9 Å². The van der Waals surface area contributed by atoms with Crippen LogP contribution in [0, 0.1) is 5.82 Å². The minimum atomic E-state index is -0.786. The van der Waals surface area contributed by atoms with Gasteiger partial charge in [0.05, 0.1) is 10.5 Å². The van der Waals surface area contributed by atoms with Gasteiger partial charge in [-0.15, -0.1) is 0 Å². The maximum absolute atomic E-state index is 13.5. The molecule has 4 aromatic rings. The third kappa shape index (κ3) is 9.45. The van der Waals surface area contributed by atoms with E-state index >= 15 is 0 Å². The molecule has 12 heteroatoms. The van der Waals surface area contributed by atoms with Crippen molar-refractivity contribution < 1.29 is 23.5 Å². The molecule has 9 nitrogen and oxygen atoms in total. The van der Waals surface area contributed by atoms with Gasteiger partial charge in [-0.05, 0) is 93.3 Å². The van der Waals surface area contributed by atoms with E-state index in [0.717, 1.165) is 0 Å². The number of hydrogen-bond donors (Lipinski definition) is 3. The van der Waals surface area contributed by atoms with Crippen molar-refractivity contribution in [2.45, 2.75) is 45.4 Å². The van der Waals surface area contributed by atoms with Crippen molar-refractivity contribution in [1.29, 1.82) is 0 Å². The summed E-state index contributed by atoms with van der Waals surface area (Å²) in [4.78, 5) is 34.3. The van der Waals surface area contributed by atoms with Crippen LogP contribution in [-0.4, -0.2) is 45.6 Å². The Morgan fingerprint density at radius 2 is 1.84 bits per heavy atom. The van der Waals surface area contributed by atoms with Crippen molar-refractivity contribution in [2.75, 3.05) is 22.6 Å². The molecule has 0 spiro atoms. The second kappa shape index (κ2) is 14.4. The number of thioether (sulfide) groups is 1. The number of aromatic nitrogens is 2. The van der Waals surface area contributed by atoms with Crippen molar-refractivity contribution in [2.24, 2.45) is 0 Å². The van der Waals surface area contributed by atoms with Gasteiger partial charge in [0, 0.05) is 16.8 Å². The van der Waals surface area contributed by atoms with Crippen molar-refractivity contribution in [3.05, 3.63) is 83.4 Å². The molecular formula is C31H33ClFN5O4S. The summed E-state index contributed by atoms with van der Waals surface area (Å²) >= 11 is 8.05. The largest absolute Gasteiger partial charge is 0.487 e. The lowest BCUT2D eigenvalue weighted by molar-refractivity contribution is -0.118. The fourth-order valence-electron chi connectivity index (χ4n) is 4.04. The fourth-order valence-corrected chi connectivity index (χ4v) is 4.74. The van der Waals surface area contributed by atoms with Crippen molar-refractivity contribution in [3.8, 4) is 5.75 Å². The smallest absolute Gasteiger partial charge is 0.408 e. The summed E-state index contributed by atoms with van der Waals surface area (Å²) in [5.41, 5.74) is 1.81. The minimum absolute atomic E-state index is 0.167. The molecular weight excluding hydrogens is 593 g/mol. The minimum Gasteiger partial charge on any atom is -0.487 e. The molecule has 0 radical (unpaired) electrons. The first-order valence-corrected chi connectivity index (χ1v) is 15.3. The lowest BCUT2D eigenvalue weighted by Crippen LogP contribution is -2.46. The molecule has 4 rings (SSSR count). The first-order chi connectivity index (χ1) is 20.5. The van der Waals surface area contributed by atoms with E-state index in [4.69, 9.17) is 21.1 Å². The summed E-state index contributed by atoms with van der Waals surface area (Å²) in [6, 6.07) is 15.8. The summed E-state index contributed by atoms with van der Waals surface area (Å²) in [6.45, 7) is 5.45. The molecule has 0 aliphatic carbocycles. The highest BCUT2D eigenvalue weighted by molar-refractivity contribution is 7.98. The van der Waals surface area contributed by atoms with Crippen LogP contribution in [0.4, 0.5) is 26.4 Å². The number of nitrogens with one attached hydrogen (secondary N) is 3. The zero-order chi connectivity index (χ0) is 31.0. The van der Waals surface area contributed by atoms with Crippen molar-refractivity contribution >= 4 is 63.5 Å². The standard InChI is InChI=1S/C31H33ClFN5O4S/c1-31(2,3)42-30(40)38-26(12-13-43-4)29(39)37-21-8-10-25-23(15-21)28(35-18-34-25)36-22-9-11-27(24(32)16-22)41-17-19-6-5-7-20(33)14-19/h5-11,14-16,18,26H,12-13,17H2,1-4H3,(H,37,39)(H,38,40)(H,34,35,36)/t26-/m0/s1. The number of amides is 2. The van der Waals surface area contributed by atoms with E-state index in [1.54, 1.807) is 81.1 Å². The summed E-state index contributed by atoms with van der Waals surface area (Å²) in [7, 11) is 0. The molecule has 0 unspecified atom stereocenters. The molecule has 43 heavy (non-hydrogen) atoms. The van der Waals surface area contributed by atoms with Gasteiger partial charge in [0.2, 0.25) is 5.91 Å². The number of anilines is 3. The van der Waals surface area contributed by atoms with Crippen LogP contribution in [-0.2, 0) is 16.1 Å². The normalized spacial score (nSPS) is 12.0. The Kier molecular flexibility index (Phi) is 10.7. The van der Waals surface area contributed by atoms with Crippen LogP contribution >= 0.6 is 23.4 Å². The van der Waals surface area contributed by atoms with Gasteiger partial charge < -0.3 is 25.4 Å². The number of carbonyl (C=O) groups excluding carboxylic acids is 2. The van der Waals surface area contributed by atoms with Gasteiger partial charge >= 0.3 is 6.09 Å². The van der Waals surface area contributed by atoms with E-state index in [0.29, 0.717) is 56.6 Å². The highest BCUT2D eigenvalue weighted by atomic mass is 35.5. The zero-order valence-electron chi connectivity index (χ0n) is 24.2. The fraction of sp³-hybridized carbons (Fsp3) is 0.290. The number of fused-ring (bicyclic) bond motifs is 1. The summed E-state index contributed by atoms with van der Waals surface area (Å²) in [6.07, 6.45) is 3.14. The van der Waals surface area contributed by atoms with Crippen LogP contribution in [0.25, 0.3) is 10.9 Å². The number of halogens is 2. The molecule has 1 atom stereocenters. The van der Waals surface area contributed by atoms with E-state index < -0.39 is 17.7 Å². The lowest BCUT2D eigenvalue weighted by Gasteiger charge is -2.23. The zero-order valence-corrected chi connectivity index (χ0v) is 25.8. The average Bonchev–Trinajstić information content (AvgIpc) is 2.94. The molecule has 0 bridgehead atoms. The van der Waals surface area contributed by atoms with Crippen LogP contribution in [0.2, 0.25) is 5.02 Å². The highest BCUT2D eigenvalue weighted by Gasteiger charge is 2.24. The SMILES string of the molecule is CSCC[C@H](NC(=O)OC(C)(C)C)C(=O)Nc1ccc2ncnc(Nc3ccc(OCc4cccc(F)c4)c(Cl)c3)c2c1. The Morgan fingerprint density at radius 3 is 2.56 bits per heavy atom. The number of alkyl carbamates (subject to hydrolysis) is 1. The molecule has 3 N–H and O–H groups in total. The highest BCUT2D eigenvalue weighted by Crippen LogP contribution is 2.31. The van der Waals surface area contributed by atoms with Gasteiger partial charge in [0.25, 0.3) is 0 Å². The Morgan fingerprint density at radius 1 is 1.05 bits per heavy atom. The number of benzene rings is 3. The third-order valence-electron chi connectivity index (χ3n) is 6.00. The third-order valence-corrected chi connectivity index (χ3v) is 6.94. The molecule has 0 saturated heterocycles. The van der Waals surface area contributed by atoms with Gasteiger partial charge in [-0.1, -0.05) is 23.7 Å². The predicted octanol–water partition coefficient (Wildman–Crippen LogP) is 7.33. The molecule has 3 aromatic carbocycles. The quantitative estimate of drug-likeness (QED) is 0.159. The summed E-state index contributed by atoms with van der Waals surface area (Å²) < 4.78 is 24.6. The molecule has 0 aliphatic rings. The van der Waals surface area contributed by atoms with E-state index in [-0.39, 0.29) is 18.3 Å². The maximum atomic E-state index is 13.5. The Labute approximate surface area is 258 Å². The van der Waals surface area contributed by atoms with Crippen molar-refractivity contribution in [1.82, 2.24) is 15.3 Å². The van der Waals surface area contributed by atoms with Gasteiger partial charge in [-0.3, -0.25) is 4.79 Å². The van der Waals surface area contributed by atoms with E-state index in [9.17, 15) is 14.0 Å². The van der Waals surface area contributed by atoms with Gasteiger partial charge in [-0.2, -0.15) is 11.8 Å². The molecule has 1 aromatic heterocycles. The number of hydrogen-bond acceptors (Lipinski definition) is 8. The number of carbonyl (C=O) groups is 2. The maximum Gasteiger partial charge on any atom is 0.408 e. The van der Waals surface area contributed by atoms with Crippen LogP contribution in [0.1, 0.15) is 32.8 Å². The average molecular weight is 626 g/mol. The molecule has 0 aliphatic heterocycles. The first kappa shape index (κ1) is 31.8. The topological polar surface area (TPSA) is 114 Å². The van der Waals surface area contributed by atoms with E-state index in [1.807, 2.05) is 6.26 Å². The predicted molar refractivity (Wildman–Crippen MR) is 170 cm³/mol. The second-order valence-corrected chi connectivity index (χ2v) is 12.0. The Balaban J connectivity index is 1.48. The monoisotopic (exact) mass is 625 g/mol. The Bertz CT molecular complexity index is 1600. The number of nitrogens with zero attached hydrogens (tertiary/aromatic N) is 2. The molecule has 226 valence electrons. The summed E-state index contributed by atoms with van der Waals surface area (Å²) in [5.74, 6) is 0.914. The van der Waals surface area contributed by atoms with Gasteiger partial charge in [0.1, 0.15) is 42.0 Å². The number of rotatable bonds is 11. The van der Waals surface area contributed by atoms with Crippen molar-refractivity contribution in [3.63, 3.8) is 0 Å². The van der Waals surface area contributed by atoms with Crippen LogP contribution in [0.15, 0.2) is 67.0 Å². The second-order valence-electron chi connectivity index (χ2n) is 10.6. The molecule has 1 heterocycles. The lowest BCUT2D eigenvalue weighted by atomic mass is 10.1. The molecule has 0 fully saturated rings. The van der Waals surface area contributed by atoms with E-state index in [1.165, 1.54) is 18.5 Å².